The normalized spacial score (nSPS) is 14.2. The number of hydrogen-bond donors (Lipinski definition) is 1. The number of nitrogens with zero attached hydrogens (tertiary/aromatic N) is 1. The van der Waals surface area contributed by atoms with Crippen molar-refractivity contribution in [3.63, 3.8) is 0 Å². The van der Waals surface area contributed by atoms with E-state index in [0.717, 1.165) is 29.1 Å². The minimum Gasteiger partial charge on any atom is -0.490 e. The Hall–Kier alpha value is -2.05. The zero-order valence-electron chi connectivity index (χ0n) is 14.0. The van der Waals surface area contributed by atoms with Crippen LogP contribution in [-0.2, 0) is 10.0 Å². The first-order valence-electron chi connectivity index (χ1n) is 8.01. The van der Waals surface area contributed by atoms with Crippen LogP contribution in [0.3, 0.4) is 0 Å². The molecule has 1 aliphatic rings. The van der Waals surface area contributed by atoms with E-state index in [1.807, 2.05) is 50.2 Å². The largest absolute Gasteiger partial charge is 0.490 e. The third kappa shape index (κ3) is 3.55. The van der Waals surface area contributed by atoms with E-state index in [2.05, 4.69) is 9.62 Å². The van der Waals surface area contributed by atoms with Crippen molar-refractivity contribution >= 4 is 15.7 Å². The van der Waals surface area contributed by atoms with Crippen molar-refractivity contribution in [2.24, 2.45) is 0 Å². The number of nitrogens with one attached hydrogen (secondary N) is 1. The van der Waals surface area contributed by atoms with E-state index in [1.54, 1.807) is 6.07 Å². The predicted octanol–water partition coefficient (Wildman–Crippen LogP) is 2.48. The van der Waals surface area contributed by atoms with E-state index in [9.17, 15) is 8.42 Å². The highest BCUT2D eigenvalue weighted by atomic mass is 32.2. The van der Waals surface area contributed by atoms with Gasteiger partial charge in [-0.05, 0) is 37.6 Å². The molecule has 0 fully saturated rings. The van der Waals surface area contributed by atoms with Crippen molar-refractivity contribution in [3.05, 3.63) is 53.6 Å². The molecule has 6 heteroatoms. The molecule has 0 saturated carbocycles. The van der Waals surface area contributed by atoms with E-state index in [0.29, 0.717) is 24.6 Å². The van der Waals surface area contributed by atoms with E-state index < -0.39 is 10.0 Å². The number of para-hydroxylation sites is 2. The minimum atomic E-state index is -3.49. The number of hydrogen-bond acceptors (Lipinski definition) is 4. The Morgan fingerprint density at radius 3 is 2.75 bits per heavy atom. The molecular formula is C18H22N2O3S. The maximum absolute atomic E-state index is 12.5. The summed E-state index contributed by atoms with van der Waals surface area (Å²) in [6.07, 6.45) is 0. The van der Waals surface area contributed by atoms with Gasteiger partial charge in [0.2, 0.25) is 10.0 Å². The lowest BCUT2D eigenvalue weighted by molar-refractivity contribution is 0.308. The summed E-state index contributed by atoms with van der Waals surface area (Å²) in [5, 5.41) is 0. The van der Waals surface area contributed by atoms with E-state index in [-0.39, 0.29) is 0 Å². The van der Waals surface area contributed by atoms with Crippen LogP contribution in [0.25, 0.3) is 0 Å². The van der Waals surface area contributed by atoms with Crippen LogP contribution in [-0.4, -0.2) is 34.7 Å². The summed E-state index contributed by atoms with van der Waals surface area (Å²) in [7, 11) is -3.49. The zero-order valence-corrected chi connectivity index (χ0v) is 14.8. The van der Waals surface area contributed by atoms with Crippen LogP contribution >= 0.6 is 0 Å². The average Bonchev–Trinajstić information content (AvgIpc) is 2.54. The molecule has 0 radical (unpaired) electrons. The van der Waals surface area contributed by atoms with Gasteiger partial charge in [0.25, 0.3) is 0 Å². The zero-order chi connectivity index (χ0) is 17.2. The second-order valence-corrected chi connectivity index (χ2v) is 7.71. The molecule has 1 aliphatic heterocycles. The summed E-state index contributed by atoms with van der Waals surface area (Å²) in [6, 6.07) is 13.2. The van der Waals surface area contributed by atoms with Crippen molar-refractivity contribution in [2.45, 2.75) is 18.7 Å². The first kappa shape index (κ1) is 16.8. The maximum atomic E-state index is 12.5. The Balaban J connectivity index is 1.66. The molecular weight excluding hydrogens is 324 g/mol. The third-order valence-electron chi connectivity index (χ3n) is 4.12. The molecule has 1 heterocycles. The van der Waals surface area contributed by atoms with Crippen LogP contribution in [0.2, 0.25) is 0 Å². The summed E-state index contributed by atoms with van der Waals surface area (Å²) < 4.78 is 33.3. The van der Waals surface area contributed by atoms with Crippen LogP contribution in [0.4, 0.5) is 5.69 Å². The van der Waals surface area contributed by atoms with Gasteiger partial charge < -0.3 is 9.64 Å². The molecule has 5 nitrogen and oxygen atoms in total. The lowest BCUT2D eigenvalue weighted by atomic mass is 10.2. The number of ether oxygens (including phenoxy) is 1. The van der Waals surface area contributed by atoms with E-state index in [1.165, 1.54) is 0 Å². The highest BCUT2D eigenvalue weighted by Crippen LogP contribution is 2.30. The second-order valence-electron chi connectivity index (χ2n) is 5.97. The molecule has 2 aromatic carbocycles. The van der Waals surface area contributed by atoms with Crippen LogP contribution in [0.1, 0.15) is 11.1 Å². The Morgan fingerprint density at radius 2 is 1.96 bits per heavy atom. The molecule has 1 N–H and O–H groups in total. The fourth-order valence-electron chi connectivity index (χ4n) is 2.95. The first-order chi connectivity index (χ1) is 11.5. The second kappa shape index (κ2) is 6.83. The fourth-order valence-corrected chi connectivity index (χ4v) is 4.20. The highest BCUT2D eigenvalue weighted by Gasteiger charge is 2.19. The molecule has 0 amide bonds. The maximum Gasteiger partial charge on any atom is 0.240 e. The monoisotopic (exact) mass is 346 g/mol. The standard InChI is InChI=1S/C18H22N2O3S/c1-14-7-8-18(15(2)13-14)24(21,22)19-9-10-20-11-12-23-17-6-4-3-5-16(17)20/h3-8,13,19H,9-12H2,1-2H3. The molecule has 0 aliphatic carbocycles. The SMILES string of the molecule is Cc1ccc(S(=O)(=O)NCCN2CCOc3ccccc32)c(C)c1. The van der Waals surface area contributed by atoms with Gasteiger partial charge >= 0.3 is 0 Å². The number of sulfonamides is 1. The third-order valence-corrected chi connectivity index (χ3v) is 5.74. The van der Waals surface area contributed by atoms with E-state index >= 15 is 0 Å². The number of benzene rings is 2. The molecule has 0 aromatic heterocycles. The van der Waals surface area contributed by atoms with Gasteiger partial charge in [0.1, 0.15) is 12.4 Å². The highest BCUT2D eigenvalue weighted by molar-refractivity contribution is 7.89. The van der Waals surface area contributed by atoms with Crippen molar-refractivity contribution in [2.75, 3.05) is 31.1 Å². The molecule has 0 atom stereocenters. The molecule has 2 aromatic rings. The summed E-state index contributed by atoms with van der Waals surface area (Å²) in [5.74, 6) is 0.848. The Morgan fingerprint density at radius 1 is 1.17 bits per heavy atom. The van der Waals surface area contributed by atoms with Gasteiger partial charge in [-0.1, -0.05) is 29.8 Å². The van der Waals surface area contributed by atoms with Crippen LogP contribution in [0.15, 0.2) is 47.4 Å². The van der Waals surface area contributed by atoms with Crippen LogP contribution < -0.4 is 14.4 Å². The molecule has 3 rings (SSSR count). The van der Waals surface area contributed by atoms with Crippen molar-refractivity contribution in [3.8, 4) is 5.75 Å². The van der Waals surface area contributed by atoms with Gasteiger partial charge in [-0.25, -0.2) is 13.1 Å². The van der Waals surface area contributed by atoms with Crippen molar-refractivity contribution in [1.29, 1.82) is 0 Å². The minimum absolute atomic E-state index is 0.343. The van der Waals surface area contributed by atoms with Gasteiger partial charge in [0, 0.05) is 13.1 Å². The van der Waals surface area contributed by atoms with Crippen LogP contribution in [0.5, 0.6) is 5.75 Å². The summed E-state index contributed by atoms with van der Waals surface area (Å²) in [5.41, 5.74) is 2.82. The lowest BCUT2D eigenvalue weighted by Crippen LogP contribution is -2.39. The van der Waals surface area contributed by atoms with Gasteiger partial charge in [0.15, 0.2) is 0 Å². The first-order valence-corrected chi connectivity index (χ1v) is 9.49. The smallest absolute Gasteiger partial charge is 0.240 e. The quantitative estimate of drug-likeness (QED) is 0.904. The van der Waals surface area contributed by atoms with E-state index in [4.69, 9.17) is 4.74 Å². The molecule has 24 heavy (non-hydrogen) atoms. The molecule has 128 valence electrons. The Labute approximate surface area is 143 Å². The number of rotatable bonds is 5. The summed E-state index contributed by atoms with van der Waals surface area (Å²) in [4.78, 5) is 2.49. The molecule has 0 bridgehead atoms. The summed E-state index contributed by atoms with van der Waals surface area (Å²) >= 11 is 0. The number of aryl methyl sites for hydroxylation is 2. The Bertz CT molecular complexity index is 834. The average molecular weight is 346 g/mol. The topological polar surface area (TPSA) is 58.6 Å². The number of anilines is 1. The van der Waals surface area contributed by atoms with Gasteiger partial charge in [-0.3, -0.25) is 0 Å². The fraction of sp³-hybridized carbons (Fsp3) is 0.333. The van der Waals surface area contributed by atoms with Gasteiger partial charge in [-0.2, -0.15) is 0 Å². The van der Waals surface area contributed by atoms with Crippen LogP contribution in [0, 0.1) is 13.8 Å². The lowest BCUT2D eigenvalue weighted by Gasteiger charge is -2.31. The predicted molar refractivity (Wildman–Crippen MR) is 95.3 cm³/mol. The summed E-state index contributed by atoms with van der Waals surface area (Å²) in [6.45, 7) is 6.09. The molecule has 0 saturated heterocycles. The van der Waals surface area contributed by atoms with Crippen molar-refractivity contribution < 1.29 is 13.2 Å². The van der Waals surface area contributed by atoms with Gasteiger partial charge in [0.05, 0.1) is 17.1 Å². The van der Waals surface area contributed by atoms with Gasteiger partial charge in [-0.15, -0.1) is 0 Å². The Kier molecular flexibility index (Phi) is 4.78. The molecule has 0 unspecified atom stereocenters. The number of fused-ring (bicyclic) bond motifs is 1. The molecule has 0 spiro atoms. The van der Waals surface area contributed by atoms with Crippen molar-refractivity contribution in [1.82, 2.24) is 4.72 Å².